The normalized spacial score (nSPS) is 16.7. The molecular formula is C43H37FIN5O6S2. The van der Waals surface area contributed by atoms with Gasteiger partial charge in [0.15, 0.2) is 10.8 Å². The van der Waals surface area contributed by atoms with E-state index < -0.39 is 41.6 Å². The Morgan fingerprint density at radius 3 is 2.16 bits per heavy atom. The zero-order chi connectivity index (χ0) is 40.5. The van der Waals surface area contributed by atoms with Crippen LogP contribution < -0.4 is 15.4 Å². The Kier molecular flexibility index (Phi) is 13.2. The lowest BCUT2D eigenvalue weighted by molar-refractivity contribution is -0.153. The molecule has 2 amide bonds. The summed E-state index contributed by atoms with van der Waals surface area (Å²) in [6.07, 6.45) is 3.71. The van der Waals surface area contributed by atoms with E-state index in [-0.39, 0.29) is 23.7 Å². The number of thiazole rings is 1. The van der Waals surface area contributed by atoms with E-state index in [0.29, 0.717) is 26.6 Å². The lowest BCUT2D eigenvalue weighted by Crippen LogP contribution is -2.71. The number of allylic oxidation sites excluding steroid dienone is 2. The van der Waals surface area contributed by atoms with E-state index in [1.807, 2.05) is 103 Å². The topological polar surface area (TPSA) is 131 Å². The van der Waals surface area contributed by atoms with Crippen LogP contribution in [0, 0.1) is 0 Å². The highest BCUT2D eigenvalue weighted by atomic mass is 127. The van der Waals surface area contributed by atoms with Gasteiger partial charge < -0.3 is 24.9 Å². The van der Waals surface area contributed by atoms with Crippen molar-refractivity contribution < 1.29 is 33.1 Å². The predicted octanol–water partition coefficient (Wildman–Crippen LogP) is 7.59. The summed E-state index contributed by atoms with van der Waals surface area (Å²) in [5, 5.41) is 11.7. The molecule has 2 aliphatic heterocycles. The van der Waals surface area contributed by atoms with Gasteiger partial charge in [0.2, 0.25) is 0 Å². The molecule has 1 fully saturated rings. The van der Waals surface area contributed by atoms with E-state index in [1.165, 1.54) is 28.0 Å². The fourth-order valence-corrected chi connectivity index (χ4v) is 9.09. The Morgan fingerprint density at radius 2 is 1.59 bits per heavy atom. The van der Waals surface area contributed by atoms with Crippen LogP contribution in [0.5, 0.6) is 5.75 Å². The zero-order valence-corrected chi connectivity index (χ0v) is 34.8. The van der Waals surface area contributed by atoms with E-state index in [9.17, 15) is 18.8 Å². The number of ether oxygens (including phenoxy) is 2. The van der Waals surface area contributed by atoms with Crippen molar-refractivity contribution in [1.82, 2.24) is 15.2 Å². The van der Waals surface area contributed by atoms with Gasteiger partial charge in [0.25, 0.3) is 18.7 Å². The molecule has 0 radical (unpaired) electrons. The van der Waals surface area contributed by atoms with Crippen LogP contribution in [0.25, 0.3) is 0 Å². The predicted molar refractivity (Wildman–Crippen MR) is 231 cm³/mol. The van der Waals surface area contributed by atoms with Crippen molar-refractivity contribution in [1.29, 1.82) is 0 Å². The number of alkyl halides is 2. The molecule has 5 aromatic rings. The quantitative estimate of drug-likeness (QED) is 0.0196. The van der Waals surface area contributed by atoms with Crippen LogP contribution in [-0.4, -0.2) is 68.9 Å². The molecule has 0 unspecified atom stereocenters. The van der Waals surface area contributed by atoms with E-state index in [4.69, 9.17) is 19.3 Å². The number of nitrogens with one attached hydrogen (secondary N) is 2. The molecule has 11 nitrogen and oxygen atoms in total. The molecular weight excluding hydrogens is 893 g/mol. The van der Waals surface area contributed by atoms with E-state index >= 15 is 0 Å². The Labute approximate surface area is 356 Å². The number of methoxy groups -OCH3 is 1. The van der Waals surface area contributed by atoms with E-state index in [1.54, 1.807) is 36.8 Å². The number of anilines is 1. The molecule has 0 saturated carbocycles. The summed E-state index contributed by atoms with van der Waals surface area (Å²) in [6, 6.07) is 35.9. The number of thioether (sulfide) groups is 1. The van der Waals surface area contributed by atoms with Gasteiger partial charge in [-0.05, 0) is 40.0 Å². The first-order valence-corrected chi connectivity index (χ1v) is 21.5. The molecule has 4 aromatic carbocycles. The fraction of sp³-hybridized carbons (Fsp3) is 0.186. The SMILES string of the molecule is COc1ccc(COC(=O)C2=C(/C=C/CI)CS[C@@H]3[C@H](NC(=O)/C(=N\OCF)c4csc(NC(c5ccccc5)(c5ccccc5)c5ccccc5)n4)C(=O)N23)cc1. The molecule has 296 valence electrons. The Morgan fingerprint density at radius 1 is 0.966 bits per heavy atom. The van der Waals surface area contributed by atoms with Gasteiger partial charge in [-0.1, -0.05) is 143 Å². The number of oxime groups is 1. The Bertz CT molecular complexity index is 2230. The van der Waals surface area contributed by atoms with Crippen LogP contribution in [0.15, 0.2) is 149 Å². The summed E-state index contributed by atoms with van der Waals surface area (Å²) < 4.78 is 25.0. The molecule has 1 aromatic heterocycles. The number of esters is 1. The highest BCUT2D eigenvalue weighted by Crippen LogP contribution is 2.42. The van der Waals surface area contributed by atoms with Crippen molar-refractivity contribution in [3.05, 3.63) is 172 Å². The minimum Gasteiger partial charge on any atom is -0.497 e. The number of hydrogen-bond donors (Lipinski definition) is 2. The second-order valence-corrected chi connectivity index (χ2v) is 15.7. The first-order chi connectivity index (χ1) is 28.4. The Hall–Kier alpha value is -5.52. The maximum atomic E-state index is 14.0. The number of rotatable bonds is 16. The number of aromatic nitrogens is 1. The molecule has 7 rings (SSSR count). The van der Waals surface area contributed by atoms with Crippen LogP contribution in [0.3, 0.4) is 0 Å². The number of amides is 2. The molecule has 0 spiro atoms. The molecule has 58 heavy (non-hydrogen) atoms. The number of nitrogens with zero attached hydrogens (tertiary/aromatic N) is 3. The van der Waals surface area contributed by atoms with Gasteiger partial charge in [0, 0.05) is 15.6 Å². The lowest BCUT2D eigenvalue weighted by Gasteiger charge is -2.49. The van der Waals surface area contributed by atoms with Crippen LogP contribution in [-0.2, 0) is 36.1 Å². The van der Waals surface area contributed by atoms with Crippen molar-refractivity contribution in [2.24, 2.45) is 5.16 Å². The third kappa shape index (κ3) is 8.51. The molecule has 0 aliphatic carbocycles. The fourth-order valence-electron chi connectivity index (χ4n) is 6.77. The number of benzene rings is 4. The number of halogens is 2. The zero-order valence-electron chi connectivity index (χ0n) is 31.0. The highest BCUT2D eigenvalue weighted by molar-refractivity contribution is 14.1. The summed E-state index contributed by atoms with van der Waals surface area (Å²) in [4.78, 5) is 52.2. The lowest BCUT2D eigenvalue weighted by atomic mass is 9.77. The second-order valence-electron chi connectivity index (χ2n) is 12.9. The van der Waals surface area contributed by atoms with Crippen molar-refractivity contribution >= 4 is 74.3 Å². The number of β-lactam (4-membered cyclic amide) rings is 1. The van der Waals surface area contributed by atoms with Crippen LogP contribution in [0.4, 0.5) is 9.52 Å². The van der Waals surface area contributed by atoms with Gasteiger partial charge in [-0.25, -0.2) is 14.2 Å². The van der Waals surface area contributed by atoms with Gasteiger partial charge in [-0.15, -0.1) is 23.1 Å². The molecule has 2 aliphatic rings. The summed E-state index contributed by atoms with van der Waals surface area (Å²) >= 11 is 4.82. The molecule has 15 heteroatoms. The maximum absolute atomic E-state index is 14.0. The minimum atomic E-state index is -1.29. The molecule has 3 heterocycles. The van der Waals surface area contributed by atoms with E-state index in [0.717, 1.165) is 22.3 Å². The van der Waals surface area contributed by atoms with Crippen molar-refractivity contribution in [2.75, 3.05) is 29.5 Å². The first kappa shape index (κ1) is 40.7. The number of fused-ring (bicyclic) bond motifs is 1. The maximum Gasteiger partial charge on any atom is 0.355 e. The van der Waals surface area contributed by atoms with Crippen LogP contribution in [0.2, 0.25) is 0 Å². The van der Waals surface area contributed by atoms with Gasteiger partial charge in [-0.3, -0.25) is 14.5 Å². The molecule has 1 saturated heterocycles. The smallest absolute Gasteiger partial charge is 0.355 e. The van der Waals surface area contributed by atoms with Crippen molar-refractivity contribution in [3.8, 4) is 5.75 Å². The number of carbonyl (C=O) groups excluding carboxylic acids is 3. The molecule has 2 atom stereocenters. The third-order valence-electron chi connectivity index (χ3n) is 9.50. The standard InChI is InChI=1S/C43H37FIN5O6S2/c1-54-33-21-19-28(20-22-33)24-55-41(53)37-29(12-11-23-45)25-57-40-36(39(52)50(37)40)47-38(51)35(49-56-27-44)34-26-58-42(46-34)48-43(30-13-5-2-6-14-30,31-15-7-3-8-16-31)32-17-9-4-10-18-32/h2-22,26,36,40H,23-25,27H2,1H3,(H,46,48)(H,47,51)/b12-11+,49-35-/t36-,40-/m1/s1. The summed E-state index contributed by atoms with van der Waals surface area (Å²) in [7, 11) is 1.57. The van der Waals surface area contributed by atoms with Crippen LogP contribution >= 0.6 is 45.7 Å². The van der Waals surface area contributed by atoms with Gasteiger partial charge >= 0.3 is 5.97 Å². The first-order valence-electron chi connectivity index (χ1n) is 18.1. The van der Waals surface area contributed by atoms with Gasteiger partial charge in [-0.2, -0.15) is 0 Å². The van der Waals surface area contributed by atoms with Crippen molar-refractivity contribution in [2.45, 2.75) is 23.6 Å². The molecule has 2 N–H and O–H groups in total. The highest BCUT2D eigenvalue weighted by Gasteiger charge is 2.54. The van der Waals surface area contributed by atoms with Gasteiger partial charge in [0.1, 0.15) is 40.7 Å². The number of hydrogen-bond acceptors (Lipinski definition) is 11. The van der Waals surface area contributed by atoms with Gasteiger partial charge in [0.05, 0.1) is 7.11 Å². The average Bonchev–Trinajstić information content (AvgIpc) is 3.74. The second kappa shape index (κ2) is 18.8. The summed E-state index contributed by atoms with van der Waals surface area (Å²) in [6.45, 7) is -1.31. The summed E-state index contributed by atoms with van der Waals surface area (Å²) in [5.74, 6) is -0.909. The average molecular weight is 930 g/mol. The van der Waals surface area contributed by atoms with Crippen LogP contribution in [0.1, 0.15) is 27.9 Å². The minimum absolute atomic E-state index is 0.0162. The Balaban J connectivity index is 1.13. The largest absolute Gasteiger partial charge is 0.497 e. The van der Waals surface area contributed by atoms with Crippen molar-refractivity contribution in [3.63, 3.8) is 0 Å². The monoisotopic (exact) mass is 929 g/mol. The third-order valence-corrected chi connectivity index (χ3v) is 12.1. The molecule has 0 bridgehead atoms. The summed E-state index contributed by atoms with van der Waals surface area (Å²) in [5.41, 5.74) is 3.22. The number of carbonyl (C=O) groups is 3. The van der Waals surface area contributed by atoms with E-state index in [2.05, 4.69) is 38.4 Å².